The minimum atomic E-state index is -0.0620. The number of nitrogens with zero attached hydrogens (tertiary/aromatic N) is 1. The number of hydrogen-bond donors (Lipinski definition) is 3. The Labute approximate surface area is 146 Å². The van der Waals surface area contributed by atoms with Crippen LogP contribution in [0.15, 0.2) is 0 Å². The lowest BCUT2D eigenvalue weighted by atomic mass is 9.95. The summed E-state index contributed by atoms with van der Waals surface area (Å²) in [5, 5.41) is 9.44. The van der Waals surface area contributed by atoms with Gasteiger partial charge in [0.05, 0.1) is 5.92 Å². The summed E-state index contributed by atoms with van der Waals surface area (Å²) in [6, 6.07) is -0.0329. The molecule has 3 N–H and O–H groups in total. The summed E-state index contributed by atoms with van der Waals surface area (Å²) in [6.07, 6.45) is 5.33. The van der Waals surface area contributed by atoms with Crippen LogP contribution in [0.4, 0.5) is 4.79 Å². The summed E-state index contributed by atoms with van der Waals surface area (Å²) in [7, 11) is 0. The average Bonchev–Trinajstić information content (AvgIpc) is 2.60. The summed E-state index contributed by atoms with van der Waals surface area (Å²) < 4.78 is 0. The fraction of sp³-hybridized carbons (Fsp3) is 0.889. The Balaban J connectivity index is 1.68. The first-order valence-electron chi connectivity index (χ1n) is 9.57. The van der Waals surface area contributed by atoms with Gasteiger partial charge in [-0.15, -0.1) is 0 Å². The van der Waals surface area contributed by atoms with Crippen LogP contribution in [0.2, 0.25) is 0 Å². The lowest BCUT2D eigenvalue weighted by Gasteiger charge is -2.32. The molecule has 0 saturated carbocycles. The second-order valence-electron chi connectivity index (χ2n) is 7.66. The summed E-state index contributed by atoms with van der Waals surface area (Å²) in [5.41, 5.74) is 0. The van der Waals surface area contributed by atoms with Crippen LogP contribution >= 0.6 is 0 Å². The molecule has 0 aromatic heterocycles. The quantitative estimate of drug-likeness (QED) is 0.688. The SMILES string of the molecule is CC(C)CNC(=O)N1CCCC(C(=O)NCCC2CCCNC2)C1. The standard InChI is InChI=1S/C18H34N4O2/c1-14(2)11-21-18(24)22-10-4-6-16(13-22)17(23)20-9-7-15-5-3-8-19-12-15/h14-16,19H,3-13H2,1-2H3,(H,20,23)(H,21,24). The minimum Gasteiger partial charge on any atom is -0.356 e. The Morgan fingerprint density at radius 1 is 1.21 bits per heavy atom. The van der Waals surface area contributed by atoms with Crippen molar-refractivity contribution in [3.05, 3.63) is 0 Å². The third-order valence-electron chi connectivity index (χ3n) is 4.99. The zero-order valence-electron chi connectivity index (χ0n) is 15.3. The van der Waals surface area contributed by atoms with E-state index in [1.165, 1.54) is 12.8 Å². The second-order valence-corrected chi connectivity index (χ2v) is 7.66. The van der Waals surface area contributed by atoms with Crippen molar-refractivity contribution in [3.8, 4) is 0 Å². The highest BCUT2D eigenvalue weighted by Crippen LogP contribution is 2.17. The summed E-state index contributed by atoms with van der Waals surface area (Å²) >= 11 is 0. The second kappa shape index (κ2) is 9.87. The van der Waals surface area contributed by atoms with Crippen LogP contribution in [0, 0.1) is 17.8 Å². The molecule has 3 amide bonds. The van der Waals surface area contributed by atoms with Crippen LogP contribution in [-0.2, 0) is 4.79 Å². The van der Waals surface area contributed by atoms with Crippen molar-refractivity contribution in [1.29, 1.82) is 0 Å². The van der Waals surface area contributed by atoms with Gasteiger partial charge >= 0.3 is 6.03 Å². The van der Waals surface area contributed by atoms with Gasteiger partial charge in [-0.2, -0.15) is 0 Å². The highest BCUT2D eigenvalue weighted by Gasteiger charge is 2.28. The Morgan fingerprint density at radius 3 is 2.75 bits per heavy atom. The first-order chi connectivity index (χ1) is 11.6. The lowest BCUT2D eigenvalue weighted by Crippen LogP contribution is -2.49. The smallest absolute Gasteiger partial charge is 0.317 e. The molecule has 2 saturated heterocycles. The number of nitrogens with one attached hydrogen (secondary N) is 3. The third-order valence-corrected chi connectivity index (χ3v) is 4.99. The molecule has 0 aromatic rings. The van der Waals surface area contributed by atoms with E-state index >= 15 is 0 Å². The van der Waals surface area contributed by atoms with Crippen molar-refractivity contribution in [2.45, 2.75) is 46.0 Å². The van der Waals surface area contributed by atoms with Gasteiger partial charge in [0.25, 0.3) is 0 Å². The van der Waals surface area contributed by atoms with Crippen LogP contribution in [0.3, 0.4) is 0 Å². The van der Waals surface area contributed by atoms with Crippen LogP contribution in [0.25, 0.3) is 0 Å². The average molecular weight is 338 g/mol. The monoisotopic (exact) mass is 338 g/mol. The van der Waals surface area contributed by atoms with Gasteiger partial charge in [0.2, 0.25) is 5.91 Å². The molecule has 2 aliphatic rings. The summed E-state index contributed by atoms with van der Waals surface area (Å²) in [5.74, 6) is 1.17. The Kier molecular flexibility index (Phi) is 7.82. The molecule has 138 valence electrons. The zero-order chi connectivity index (χ0) is 17.4. The highest BCUT2D eigenvalue weighted by atomic mass is 16.2. The molecule has 24 heavy (non-hydrogen) atoms. The fourth-order valence-electron chi connectivity index (χ4n) is 3.49. The summed E-state index contributed by atoms with van der Waals surface area (Å²) in [6.45, 7) is 9.08. The molecule has 2 heterocycles. The Morgan fingerprint density at radius 2 is 2.04 bits per heavy atom. The molecule has 2 aliphatic heterocycles. The summed E-state index contributed by atoms with van der Waals surface area (Å²) in [4.78, 5) is 26.3. The third kappa shape index (κ3) is 6.30. The number of amides is 3. The maximum absolute atomic E-state index is 12.4. The molecule has 2 fully saturated rings. The number of likely N-dealkylation sites (tertiary alicyclic amines) is 1. The van der Waals surface area contributed by atoms with Crippen molar-refractivity contribution in [2.75, 3.05) is 39.3 Å². The van der Waals surface area contributed by atoms with Gasteiger partial charge in [0, 0.05) is 26.2 Å². The van der Waals surface area contributed by atoms with Crippen molar-refractivity contribution in [1.82, 2.24) is 20.9 Å². The molecule has 2 rings (SSSR count). The van der Waals surface area contributed by atoms with Crippen molar-refractivity contribution in [2.24, 2.45) is 17.8 Å². The van der Waals surface area contributed by atoms with E-state index in [1.54, 1.807) is 4.90 Å². The van der Waals surface area contributed by atoms with E-state index in [1.807, 2.05) is 0 Å². The largest absolute Gasteiger partial charge is 0.356 e. The zero-order valence-corrected chi connectivity index (χ0v) is 15.3. The number of urea groups is 1. The molecule has 2 atom stereocenters. The maximum atomic E-state index is 12.4. The number of hydrogen-bond acceptors (Lipinski definition) is 3. The lowest BCUT2D eigenvalue weighted by molar-refractivity contribution is -0.126. The van der Waals surface area contributed by atoms with Crippen molar-refractivity contribution < 1.29 is 9.59 Å². The molecule has 0 bridgehead atoms. The first kappa shape index (κ1) is 19.0. The molecular formula is C18H34N4O2. The number of carbonyl (C=O) groups is 2. The topological polar surface area (TPSA) is 73.5 Å². The molecule has 2 unspecified atom stereocenters. The highest BCUT2D eigenvalue weighted by molar-refractivity contribution is 5.80. The Bertz CT molecular complexity index is 408. The minimum absolute atomic E-state index is 0.0329. The van der Waals surface area contributed by atoms with Gasteiger partial charge in [0.1, 0.15) is 0 Å². The van der Waals surface area contributed by atoms with Crippen molar-refractivity contribution in [3.63, 3.8) is 0 Å². The molecule has 0 aromatic carbocycles. The van der Waals surface area contributed by atoms with Crippen LogP contribution in [-0.4, -0.2) is 56.1 Å². The van der Waals surface area contributed by atoms with Gasteiger partial charge in [-0.3, -0.25) is 4.79 Å². The van der Waals surface area contributed by atoms with Gasteiger partial charge in [-0.25, -0.2) is 4.79 Å². The van der Waals surface area contributed by atoms with Gasteiger partial charge in [-0.1, -0.05) is 13.8 Å². The van der Waals surface area contributed by atoms with E-state index < -0.39 is 0 Å². The van der Waals surface area contributed by atoms with Crippen LogP contribution in [0.1, 0.15) is 46.0 Å². The molecule has 0 aliphatic carbocycles. The normalized spacial score (nSPS) is 24.7. The molecular weight excluding hydrogens is 304 g/mol. The predicted octanol–water partition coefficient (Wildman–Crippen LogP) is 1.57. The van der Waals surface area contributed by atoms with E-state index in [9.17, 15) is 9.59 Å². The molecule has 0 spiro atoms. The predicted molar refractivity (Wildman–Crippen MR) is 95.8 cm³/mol. The fourth-order valence-corrected chi connectivity index (χ4v) is 3.49. The van der Waals surface area contributed by atoms with Gasteiger partial charge < -0.3 is 20.9 Å². The maximum Gasteiger partial charge on any atom is 0.317 e. The van der Waals surface area contributed by atoms with E-state index in [-0.39, 0.29) is 17.9 Å². The van der Waals surface area contributed by atoms with E-state index in [0.717, 1.165) is 45.4 Å². The van der Waals surface area contributed by atoms with Crippen molar-refractivity contribution >= 4 is 11.9 Å². The van der Waals surface area contributed by atoms with Crippen LogP contribution in [0.5, 0.6) is 0 Å². The van der Waals surface area contributed by atoms with Gasteiger partial charge in [-0.05, 0) is 57.0 Å². The first-order valence-corrected chi connectivity index (χ1v) is 9.57. The van der Waals surface area contributed by atoms with E-state index in [2.05, 4.69) is 29.8 Å². The van der Waals surface area contributed by atoms with E-state index in [4.69, 9.17) is 0 Å². The number of piperidine rings is 2. The molecule has 6 heteroatoms. The van der Waals surface area contributed by atoms with Crippen LogP contribution < -0.4 is 16.0 Å². The molecule has 6 nitrogen and oxygen atoms in total. The van der Waals surface area contributed by atoms with E-state index in [0.29, 0.717) is 24.9 Å². The molecule has 0 radical (unpaired) electrons. The number of rotatable bonds is 6. The van der Waals surface area contributed by atoms with Gasteiger partial charge in [0.15, 0.2) is 0 Å². The number of carbonyl (C=O) groups excluding carboxylic acids is 2. The Hall–Kier alpha value is -1.30.